The van der Waals surface area contributed by atoms with Gasteiger partial charge in [0.1, 0.15) is 0 Å². The van der Waals surface area contributed by atoms with Crippen molar-refractivity contribution in [2.75, 3.05) is 6.61 Å². The third-order valence-electron chi connectivity index (χ3n) is 5.80. The Morgan fingerprint density at radius 2 is 2.08 bits per heavy atom. The number of aliphatic hydroxyl groups excluding tert-OH is 1. The lowest BCUT2D eigenvalue weighted by molar-refractivity contribution is 0.0567. The maximum atomic E-state index is 14.0. The fourth-order valence-electron chi connectivity index (χ4n) is 4.70. The van der Waals surface area contributed by atoms with Crippen LogP contribution in [-0.4, -0.2) is 39.6 Å². The number of aliphatic hydroxyl groups is 1. The van der Waals surface area contributed by atoms with E-state index in [-0.39, 0.29) is 35.6 Å². The highest BCUT2D eigenvalue weighted by Crippen LogP contribution is 2.51. The number of amides is 1. The molecule has 0 radical (unpaired) electrons. The number of halogens is 1. The Labute approximate surface area is 146 Å². The van der Waals surface area contributed by atoms with Gasteiger partial charge < -0.3 is 10.0 Å². The molecule has 2 saturated heterocycles. The molecule has 3 atom stereocenters. The van der Waals surface area contributed by atoms with Crippen LogP contribution in [0.15, 0.2) is 48.8 Å². The zero-order valence-corrected chi connectivity index (χ0v) is 13.9. The third kappa shape index (κ3) is 2.63. The average Bonchev–Trinajstić information content (AvgIpc) is 3.18. The van der Waals surface area contributed by atoms with Crippen LogP contribution in [0.4, 0.5) is 4.39 Å². The van der Waals surface area contributed by atoms with E-state index in [1.807, 2.05) is 23.1 Å². The van der Waals surface area contributed by atoms with Gasteiger partial charge in [-0.25, -0.2) is 4.39 Å². The smallest absolute Gasteiger partial charge is 0.257 e. The van der Waals surface area contributed by atoms with Crippen LogP contribution < -0.4 is 0 Å². The number of fused-ring (bicyclic) bond motifs is 2. The summed E-state index contributed by atoms with van der Waals surface area (Å²) in [6.45, 7) is 0.0334. The lowest BCUT2D eigenvalue weighted by Crippen LogP contribution is -2.44. The summed E-state index contributed by atoms with van der Waals surface area (Å²) in [7, 11) is 0. The number of hydrogen-bond donors (Lipinski definition) is 1. The molecule has 2 bridgehead atoms. The second-order valence-electron chi connectivity index (χ2n) is 7.20. The molecular weight excluding hydrogens is 319 g/mol. The van der Waals surface area contributed by atoms with E-state index in [2.05, 4.69) is 17.1 Å². The molecule has 5 heteroatoms. The van der Waals surface area contributed by atoms with Gasteiger partial charge >= 0.3 is 0 Å². The van der Waals surface area contributed by atoms with Crippen LogP contribution in [0.5, 0.6) is 0 Å². The lowest BCUT2D eigenvalue weighted by atomic mass is 9.70. The molecule has 2 fully saturated rings. The van der Waals surface area contributed by atoms with Gasteiger partial charge in [-0.1, -0.05) is 30.3 Å². The SMILES string of the molecule is O=C(c1ccncc1F)N1[C@@H]2CC[C@H]1[C@](CO)(Cc1ccccc1)C2. The van der Waals surface area contributed by atoms with Crippen LogP contribution in [0.3, 0.4) is 0 Å². The summed E-state index contributed by atoms with van der Waals surface area (Å²) in [4.78, 5) is 18.5. The van der Waals surface area contributed by atoms with Gasteiger partial charge in [-0.05, 0) is 37.3 Å². The van der Waals surface area contributed by atoms with Gasteiger partial charge in [-0.15, -0.1) is 0 Å². The summed E-state index contributed by atoms with van der Waals surface area (Å²) in [5.41, 5.74) is 0.885. The number of carbonyl (C=O) groups excluding carboxylic acids is 1. The molecule has 1 amide bonds. The summed E-state index contributed by atoms with van der Waals surface area (Å²) < 4.78 is 14.0. The van der Waals surface area contributed by atoms with Gasteiger partial charge in [0.25, 0.3) is 5.91 Å². The lowest BCUT2D eigenvalue weighted by Gasteiger charge is -2.36. The van der Waals surface area contributed by atoms with E-state index in [1.54, 1.807) is 0 Å². The molecule has 25 heavy (non-hydrogen) atoms. The number of rotatable bonds is 4. The van der Waals surface area contributed by atoms with E-state index in [0.29, 0.717) is 0 Å². The second kappa shape index (κ2) is 6.23. The Balaban J connectivity index is 1.64. The zero-order valence-electron chi connectivity index (χ0n) is 13.9. The van der Waals surface area contributed by atoms with E-state index in [4.69, 9.17) is 0 Å². The zero-order chi connectivity index (χ0) is 17.4. The summed E-state index contributed by atoms with van der Waals surface area (Å²) >= 11 is 0. The third-order valence-corrected chi connectivity index (χ3v) is 5.80. The first-order valence-corrected chi connectivity index (χ1v) is 8.71. The van der Waals surface area contributed by atoms with Crippen LogP contribution in [-0.2, 0) is 6.42 Å². The number of aromatic nitrogens is 1. The number of nitrogens with zero attached hydrogens (tertiary/aromatic N) is 2. The summed E-state index contributed by atoms with van der Waals surface area (Å²) in [5.74, 6) is -0.868. The largest absolute Gasteiger partial charge is 0.396 e. The van der Waals surface area contributed by atoms with E-state index in [9.17, 15) is 14.3 Å². The molecule has 0 spiro atoms. The molecule has 1 N–H and O–H groups in total. The van der Waals surface area contributed by atoms with Crippen molar-refractivity contribution in [1.29, 1.82) is 0 Å². The van der Waals surface area contributed by atoms with E-state index >= 15 is 0 Å². The first kappa shape index (κ1) is 16.2. The standard InChI is InChI=1S/C20H21FN2O2/c21-17-12-22-9-8-16(17)19(25)23-15-6-7-18(23)20(11-15,13-24)10-14-4-2-1-3-5-14/h1-5,8-9,12,15,18,24H,6-7,10-11,13H2/t15-,18+,20-/m1/s1. The molecule has 0 aliphatic carbocycles. The highest BCUT2D eigenvalue weighted by molar-refractivity contribution is 5.95. The minimum Gasteiger partial charge on any atom is -0.396 e. The van der Waals surface area contributed by atoms with Gasteiger partial charge in [0.2, 0.25) is 0 Å². The Morgan fingerprint density at radius 3 is 2.80 bits per heavy atom. The molecule has 0 saturated carbocycles. The van der Waals surface area contributed by atoms with Crippen molar-refractivity contribution in [3.8, 4) is 0 Å². The first-order valence-electron chi connectivity index (χ1n) is 8.71. The second-order valence-corrected chi connectivity index (χ2v) is 7.20. The van der Waals surface area contributed by atoms with Crippen LogP contribution in [0.2, 0.25) is 0 Å². The molecule has 2 aromatic rings. The average molecular weight is 340 g/mol. The summed E-state index contributed by atoms with van der Waals surface area (Å²) in [6, 6.07) is 11.5. The van der Waals surface area contributed by atoms with Gasteiger partial charge in [0.05, 0.1) is 18.4 Å². The maximum Gasteiger partial charge on any atom is 0.257 e. The van der Waals surface area contributed by atoms with Crippen LogP contribution >= 0.6 is 0 Å². The van der Waals surface area contributed by atoms with Crippen molar-refractivity contribution in [1.82, 2.24) is 9.88 Å². The monoisotopic (exact) mass is 340 g/mol. The Kier molecular flexibility index (Phi) is 4.04. The highest BCUT2D eigenvalue weighted by atomic mass is 19.1. The topological polar surface area (TPSA) is 53.4 Å². The summed E-state index contributed by atoms with van der Waals surface area (Å²) in [5, 5.41) is 10.2. The number of hydrogen-bond acceptors (Lipinski definition) is 3. The molecule has 4 rings (SSSR count). The quantitative estimate of drug-likeness (QED) is 0.931. The van der Waals surface area contributed by atoms with Gasteiger partial charge in [0, 0.05) is 23.7 Å². The predicted octanol–water partition coefficient (Wildman–Crippen LogP) is 2.82. The van der Waals surface area contributed by atoms with Crippen molar-refractivity contribution >= 4 is 5.91 Å². The predicted molar refractivity (Wildman–Crippen MR) is 91.5 cm³/mol. The van der Waals surface area contributed by atoms with E-state index < -0.39 is 5.82 Å². The molecule has 1 aromatic carbocycles. The number of benzene rings is 1. The van der Waals surface area contributed by atoms with Crippen LogP contribution in [0.1, 0.15) is 35.2 Å². The van der Waals surface area contributed by atoms with E-state index in [0.717, 1.165) is 37.4 Å². The molecular formula is C20H21FN2O2. The number of carbonyl (C=O) groups is 1. The maximum absolute atomic E-state index is 14.0. The highest BCUT2D eigenvalue weighted by Gasteiger charge is 2.57. The van der Waals surface area contributed by atoms with Crippen molar-refractivity contribution in [2.45, 2.75) is 37.8 Å². The van der Waals surface area contributed by atoms with Gasteiger partial charge in [-0.2, -0.15) is 0 Å². The fourth-order valence-corrected chi connectivity index (χ4v) is 4.70. The van der Waals surface area contributed by atoms with Gasteiger partial charge in [-0.3, -0.25) is 9.78 Å². The Bertz CT molecular complexity index is 782. The number of pyridine rings is 1. The van der Waals surface area contributed by atoms with Crippen molar-refractivity contribution in [3.05, 3.63) is 65.7 Å². The van der Waals surface area contributed by atoms with Crippen LogP contribution in [0.25, 0.3) is 0 Å². The van der Waals surface area contributed by atoms with Crippen LogP contribution in [0, 0.1) is 11.2 Å². The molecule has 4 nitrogen and oxygen atoms in total. The molecule has 130 valence electrons. The molecule has 1 aromatic heterocycles. The van der Waals surface area contributed by atoms with E-state index in [1.165, 1.54) is 12.3 Å². The van der Waals surface area contributed by atoms with Crippen molar-refractivity contribution < 1.29 is 14.3 Å². The Morgan fingerprint density at radius 1 is 1.28 bits per heavy atom. The van der Waals surface area contributed by atoms with Gasteiger partial charge in [0.15, 0.2) is 5.82 Å². The fraction of sp³-hybridized carbons (Fsp3) is 0.400. The molecule has 2 aliphatic rings. The normalized spacial score (nSPS) is 27.7. The molecule has 2 aliphatic heterocycles. The molecule has 3 heterocycles. The minimum absolute atomic E-state index is 0.0334. The first-order chi connectivity index (χ1) is 12.1. The Hall–Kier alpha value is -2.27. The summed E-state index contributed by atoms with van der Waals surface area (Å²) in [6.07, 6.45) is 5.79. The van der Waals surface area contributed by atoms with Crippen molar-refractivity contribution in [2.24, 2.45) is 5.41 Å². The minimum atomic E-state index is -0.587. The van der Waals surface area contributed by atoms with Crippen molar-refractivity contribution in [3.63, 3.8) is 0 Å². The molecule has 0 unspecified atom stereocenters.